The maximum atomic E-state index is 12.1. The molecule has 1 aromatic carbocycles. The minimum Gasteiger partial charge on any atom is -0.456 e. The van der Waals surface area contributed by atoms with Gasteiger partial charge in [0.05, 0.1) is 11.4 Å². The minimum absolute atomic E-state index is 0.103. The standard InChI is InChI=1S/C14H16ClN3O2/c1-3-18-13(12(16)9(2)17-18)14(19)20-8-10-6-4-5-7-11(10)15/h4-7H,3,8,16H2,1-2H3. The van der Waals surface area contributed by atoms with Gasteiger partial charge in [0.15, 0.2) is 5.69 Å². The third-order valence-electron chi connectivity index (χ3n) is 2.98. The number of esters is 1. The van der Waals surface area contributed by atoms with E-state index in [0.717, 1.165) is 5.56 Å². The lowest BCUT2D eigenvalue weighted by Gasteiger charge is -2.08. The number of rotatable bonds is 4. The molecular weight excluding hydrogens is 278 g/mol. The summed E-state index contributed by atoms with van der Waals surface area (Å²) in [5.74, 6) is -0.495. The maximum Gasteiger partial charge on any atom is 0.359 e. The summed E-state index contributed by atoms with van der Waals surface area (Å²) in [7, 11) is 0. The molecule has 0 aliphatic carbocycles. The number of aromatic nitrogens is 2. The van der Waals surface area contributed by atoms with Crippen LogP contribution < -0.4 is 5.73 Å². The Morgan fingerprint density at radius 1 is 1.45 bits per heavy atom. The second kappa shape index (κ2) is 5.96. The van der Waals surface area contributed by atoms with Gasteiger partial charge in [0.25, 0.3) is 0 Å². The average molecular weight is 294 g/mol. The Morgan fingerprint density at radius 2 is 2.15 bits per heavy atom. The van der Waals surface area contributed by atoms with Crippen LogP contribution in [0.15, 0.2) is 24.3 Å². The van der Waals surface area contributed by atoms with Gasteiger partial charge in [-0.3, -0.25) is 4.68 Å². The molecule has 0 saturated heterocycles. The molecule has 0 saturated carbocycles. The van der Waals surface area contributed by atoms with Gasteiger partial charge in [0.1, 0.15) is 6.61 Å². The molecule has 0 aliphatic rings. The number of carbonyl (C=O) groups excluding carboxylic acids is 1. The van der Waals surface area contributed by atoms with E-state index in [0.29, 0.717) is 22.9 Å². The van der Waals surface area contributed by atoms with Gasteiger partial charge in [0.2, 0.25) is 0 Å². The Morgan fingerprint density at radius 3 is 2.80 bits per heavy atom. The molecule has 1 heterocycles. The highest BCUT2D eigenvalue weighted by Gasteiger charge is 2.20. The Hall–Kier alpha value is -2.01. The SMILES string of the molecule is CCn1nc(C)c(N)c1C(=O)OCc1ccccc1Cl. The average Bonchev–Trinajstić information content (AvgIpc) is 2.73. The van der Waals surface area contributed by atoms with Crippen LogP contribution in [0.5, 0.6) is 0 Å². The van der Waals surface area contributed by atoms with Gasteiger partial charge in [-0.05, 0) is 19.9 Å². The molecule has 0 atom stereocenters. The van der Waals surface area contributed by atoms with Gasteiger partial charge in [-0.2, -0.15) is 5.10 Å². The van der Waals surface area contributed by atoms with Crippen molar-refractivity contribution in [3.63, 3.8) is 0 Å². The molecule has 2 N–H and O–H groups in total. The topological polar surface area (TPSA) is 70.1 Å². The van der Waals surface area contributed by atoms with Gasteiger partial charge in [-0.1, -0.05) is 29.8 Å². The lowest BCUT2D eigenvalue weighted by Crippen LogP contribution is -2.14. The first-order chi connectivity index (χ1) is 9.54. The van der Waals surface area contributed by atoms with E-state index in [4.69, 9.17) is 22.1 Å². The molecule has 0 radical (unpaired) electrons. The van der Waals surface area contributed by atoms with Crippen LogP contribution in [0.1, 0.15) is 28.7 Å². The number of nitrogens with zero attached hydrogens (tertiary/aromatic N) is 2. The first kappa shape index (κ1) is 14.4. The van der Waals surface area contributed by atoms with Crippen molar-refractivity contribution in [1.29, 1.82) is 0 Å². The number of nitrogens with two attached hydrogens (primary N) is 1. The summed E-state index contributed by atoms with van der Waals surface area (Å²) in [6.07, 6.45) is 0. The lowest BCUT2D eigenvalue weighted by atomic mass is 10.2. The van der Waals surface area contributed by atoms with Crippen molar-refractivity contribution in [2.24, 2.45) is 0 Å². The highest BCUT2D eigenvalue weighted by molar-refractivity contribution is 6.31. The number of halogens is 1. The third kappa shape index (κ3) is 2.77. The van der Waals surface area contributed by atoms with Crippen molar-refractivity contribution < 1.29 is 9.53 Å². The maximum absolute atomic E-state index is 12.1. The van der Waals surface area contributed by atoms with Crippen molar-refractivity contribution >= 4 is 23.3 Å². The normalized spacial score (nSPS) is 10.6. The van der Waals surface area contributed by atoms with Gasteiger partial charge in [-0.25, -0.2) is 4.79 Å². The van der Waals surface area contributed by atoms with Gasteiger partial charge in [0, 0.05) is 17.1 Å². The largest absolute Gasteiger partial charge is 0.456 e. The first-order valence-corrected chi connectivity index (χ1v) is 6.65. The van der Waals surface area contributed by atoms with Crippen molar-refractivity contribution in [3.05, 3.63) is 46.2 Å². The zero-order valence-electron chi connectivity index (χ0n) is 11.4. The number of carbonyl (C=O) groups is 1. The number of anilines is 1. The van der Waals surface area contributed by atoms with Crippen LogP contribution in [0.3, 0.4) is 0 Å². The lowest BCUT2D eigenvalue weighted by molar-refractivity contribution is 0.0460. The van der Waals surface area contributed by atoms with E-state index in [1.165, 1.54) is 0 Å². The molecule has 106 valence electrons. The van der Waals surface area contributed by atoms with Crippen molar-refractivity contribution in [1.82, 2.24) is 9.78 Å². The van der Waals surface area contributed by atoms with E-state index in [-0.39, 0.29) is 12.3 Å². The smallest absolute Gasteiger partial charge is 0.359 e. The summed E-state index contributed by atoms with van der Waals surface area (Å²) < 4.78 is 6.81. The summed E-state index contributed by atoms with van der Waals surface area (Å²) in [6, 6.07) is 7.21. The highest BCUT2D eigenvalue weighted by atomic mass is 35.5. The van der Waals surface area contributed by atoms with E-state index in [2.05, 4.69) is 5.10 Å². The fourth-order valence-corrected chi connectivity index (χ4v) is 2.06. The molecule has 0 unspecified atom stereocenters. The Bertz CT molecular complexity index is 637. The number of hydrogen-bond acceptors (Lipinski definition) is 4. The molecule has 2 rings (SSSR count). The van der Waals surface area contributed by atoms with Crippen LogP contribution in [0.25, 0.3) is 0 Å². The zero-order valence-corrected chi connectivity index (χ0v) is 12.1. The number of hydrogen-bond donors (Lipinski definition) is 1. The predicted molar refractivity (Wildman–Crippen MR) is 77.6 cm³/mol. The summed E-state index contributed by atoms with van der Waals surface area (Å²) in [6.45, 7) is 4.30. The molecule has 0 fully saturated rings. The number of nitrogen functional groups attached to an aromatic ring is 1. The van der Waals surface area contributed by atoms with Crippen LogP contribution in [0.2, 0.25) is 5.02 Å². The van der Waals surface area contributed by atoms with Crippen LogP contribution in [0, 0.1) is 6.92 Å². The quantitative estimate of drug-likeness (QED) is 0.880. The molecule has 20 heavy (non-hydrogen) atoms. The molecule has 6 heteroatoms. The molecule has 0 amide bonds. The van der Waals surface area contributed by atoms with E-state index < -0.39 is 5.97 Å². The molecular formula is C14H16ClN3O2. The first-order valence-electron chi connectivity index (χ1n) is 6.28. The van der Waals surface area contributed by atoms with Crippen LogP contribution in [-0.4, -0.2) is 15.7 Å². The fraction of sp³-hybridized carbons (Fsp3) is 0.286. The number of benzene rings is 1. The Balaban J connectivity index is 2.15. The van der Waals surface area contributed by atoms with Crippen molar-refractivity contribution in [2.75, 3.05) is 5.73 Å². The van der Waals surface area contributed by atoms with E-state index in [1.54, 1.807) is 23.7 Å². The fourth-order valence-electron chi connectivity index (χ4n) is 1.87. The molecule has 1 aromatic heterocycles. The molecule has 2 aromatic rings. The number of aryl methyl sites for hydroxylation is 2. The monoisotopic (exact) mass is 293 g/mol. The zero-order chi connectivity index (χ0) is 14.7. The van der Waals surface area contributed by atoms with E-state index in [9.17, 15) is 4.79 Å². The van der Waals surface area contributed by atoms with Gasteiger partial charge >= 0.3 is 5.97 Å². The Kier molecular flexibility index (Phi) is 4.29. The third-order valence-corrected chi connectivity index (χ3v) is 3.35. The summed E-state index contributed by atoms with van der Waals surface area (Å²) in [5.41, 5.74) is 7.89. The molecule has 0 aliphatic heterocycles. The van der Waals surface area contributed by atoms with Crippen LogP contribution in [-0.2, 0) is 17.9 Å². The predicted octanol–water partition coefficient (Wildman–Crippen LogP) is 2.80. The van der Waals surface area contributed by atoms with Crippen molar-refractivity contribution in [2.45, 2.75) is 27.0 Å². The summed E-state index contributed by atoms with van der Waals surface area (Å²) >= 11 is 6.01. The second-order valence-electron chi connectivity index (χ2n) is 4.33. The summed E-state index contributed by atoms with van der Waals surface area (Å²) in [5, 5.41) is 4.75. The van der Waals surface area contributed by atoms with E-state index in [1.807, 2.05) is 19.1 Å². The van der Waals surface area contributed by atoms with E-state index >= 15 is 0 Å². The van der Waals surface area contributed by atoms with Gasteiger partial charge in [-0.15, -0.1) is 0 Å². The Labute approximate surface area is 122 Å². The summed E-state index contributed by atoms with van der Waals surface area (Å²) in [4.78, 5) is 12.1. The molecule has 0 bridgehead atoms. The number of ether oxygens (including phenoxy) is 1. The molecule has 0 spiro atoms. The van der Waals surface area contributed by atoms with Crippen LogP contribution >= 0.6 is 11.6 Å². The van der Waals surface area contributed by atoms with Crippen molar-refractivity contribution in [3.8, 4) is 0 Å². The minimum atomic E-state index is -0.495. The van der Waals surface area contributed by atoms with Crippen LogP contribution in [0.4, 0.5) is 5.69 Å². The van der Waals surface area contributed by atoms with Gasteiger partial charge < -0.3 is 10.5 Å². The second-order valence-corrected chi connectivity index (χ2v) is 4.74. The molecule has 5 nitrogen and oxygen atoms in total. The highest BCUT2D eigenvalue weighted by Crippen LogP contribution is 2.20.